The second kappa shape index (κ2) is 11.6. The lowest BCUT2D eigenvalue weighted by Crippen LogP contribution is -2.50. The molecule has 1 unspecified atom stereocenters. The van der Waals surface area contributed by atoms with E-state index >= 15 is 0 Å². The smallest absolute Gasteiger partial charge is 0.242 e. The molecule has 2 rings (SSSR count). The number of carbonyl (C=O) groups is 2. The fourth-order valence-corrected chi connectivity index (χ4v) is 3.27. The molecule has 0 aromatic heterocycles. The molecule has 0 aliphatic heterocycles. The molecule has 0 saturated heterocycles. The van der Waals surface area contributed by atoms with Crippen LogP contribution in [0.25, 0.3) is 0 Å². The van der Waals surface area contributed by atoms with Crippen LogP contribution in [-0.4, -0.2) is 36.4 Å². The summed E-state index contributed by atoms with van der Waals surface area (Å²) < 4.78 is 5.18. The third-order valence-electron chi connectivity index (χ3n) is 4.85. The van der Waals surface area contributed by atoms with Crippen LogP contribution in [0.15, 0.2) is 48.5 Å². The van der Waals surface area contributed by atoms with Crippen LogP contribution < -0.4 is 10.1 Å². The van der Waals surface area contributed by atoms with Crippen molar-refractivity contribution < 1.29 is 14.3 Å². The Labute approximate surface area is 184 Å². The summed E-state index contributed by atoms with van der Waals surface area (Å²) in [4.78, 5) is 27.8. The summed E-state index contributed by atoms with van der Waals surface area (Å²) in [5, 5.41) is 3.61. The molecule has 0 bridgehead atoms. The number of halogens is 1. The van der Waals surface area contributed by atoms with Crippen LogP contribution in [0, 0.1) is 5.92 Å². The Bertz CT molecular complexity index is 819. The highest BCUT2D eigenvalue weighted by Crippen LogP contribution is 2.18. The average molecular weight is 431 g/mol. The lowest BCUT2D eigenvalue weighted by molar-refractivity contribution is -0.141. The van der Waals surface area contributed by atoms with Gasteiger partial charge in [-0.3, -0.25) is 9.59 Å². The largest absolute Gasteiger partial charge is 0.497 e. The van der Waals surface area contributed by atoms with Crippen molar-refractivity contribution in [3.05, 3.63) is 64.7 Å². The molecule has 0 aliphatic rings. The lowest BCUT2D eigenvalue weighted by Gasteiger charge is -2.31. The molecule has 162 valence electrons. The number of nitrogens with one attached hydrogen (secondary N) is 1. The van der Waals surface area contributed by atoms with E-state index in [4.69, 9.17) is 16.3 Å². The number of hydrogen-bond donors (Lipinski definition) is 1. The van der Waals surface area contributed by atoms with Gasteiger partial charge in [0.1, 0.15) is 11.8 Å². The van der Waals surface area contributed by atoms with Gasteiger partial charge in [0.25, 0.3) is 0 Å². The van der Waals surface area contributed by atoms with E-state index < -0.39 is 6.04 Å². The summed E-state index contributed by atoms with van der Waals surface area (Å²) in [6, 6.07) is 14.2. The van der Waals surface area contributed by atoms with Crippen LogP contribution in [0.4, 0.5) is 0 Å². The fraction of sp³-hybridized carbons (Fsp3) is 0.417. The predicted molar refractivity (Wildman–Crippen MR) is 121 cm³/mol. The normalized spacial score (nSPS) is 11.8. The number of amides is 2. The predicted octanol–water partition coefficient (Wildman–Crippen LogP) is 4.47. The topological polar surface area (TPSA) is 58.6 Å². The van der Waals surface area contributed by atoms with Gasteiger partial charge in [0.15, 0.2) is 0 Å². The zero-order valence-corrected chi connectivity index (χ0v) is 18.9. The Morgan fingerprint density at radius 3 is 2.17 bits per heavy atom. The Kier molecular flexibility index (Phi) is 9.18. The molecule has 0 fully saturated rings. The second-order valence-corrected chi connectivity index (χ2v) is 8.17. The molecule has 0 saturated carbocycles. The van der Waals surface area contributed by atoms with Crippen LogP contribution in [-0.2, 0) is 22.6 Å². The number of methoxy groups -OCH3 is 1. The summed E-state index contributed by atoms with van der Waals surface area (Å²) in [5.41, 5.74) is 1.80. The van der Waals surface area contributed by atoms with Gasteiger partial charge in [0.2, 0.25) is 11.8 Å². The van der Waals surface area contributed by atoms with E-state index in [1.807, 2.05) is 57.2 Å². The van der Waals surface area contributed by atoms with Gasteiger partial charge in [-0.05, 0) is 47.7 Å². The van der Waals surface area contributed by atoms with E-state index in [-0.39, 0.29) is 18.2 Å². The highest BCUT2D eigenvalue weighted by molar-refractivity contribution is 6.30. The molecule has 1 N–H and O–H groups in total. The third kappa shape index (κ3) is 7.06. The van der Waals surface area contributed by atoms with Crippen molar-refractivity contribution >= 4 is 23.4 Å². The van der Waals surface area contributed by atoms with Gasteiger partial charge in [0.05, 0.1) is 13.5 Å². The van der Waals surface area contributed by atoms with Gasteiger partial charge >= 0.3 is 0 Å². The molecular formula is C24H31ClN2O3. The van der Waals surface area contributed by atoms with E-state index in [1.54, 1.807) is 24.1 Å². The summed E-state index contributed by atoms with van der Waals surface area (Å²) in [7, 11) is 1.61. The molecule has 0 heterocycles. The Morgan fingerprint density at radius 2 is 1.63 bits per heavy atom. The molecule has 1 atom stereocenters. The fourth-order valence-electron chi connectivity index (χ4n) is 3.15. The molecule has 5 nitrogen and oxygen atoms in total. The van der Waals surface area contributed by atoms with Crippen molar-refractivity contribution in [2.24, 2.45) is 5.92 Å². The Balaban J connectivity index is 2.24. The first-order valence-corrected chi connectivity index (χ1v) is 10.7. The Morgan fingerprint density at radius 1 is 1.03 bits per heavy atom. The molecule has 2 aromatic carbocycles. The average Bonchev–Trinajstić information content (AvgIpc) is 2.74. The van der Waals surface area contributed by atoms with Crippen molar-refractivity contribution in [1.29, 1.82) is 0 Å². The number of ether oxygens (including phenoxy) is 1. The van der Waals surface area contributed by atoms with Gasteiger partial charge in [-0.2, -0.15) is 0 Å². The summed E-state index contributed by atoms with van der Waals surface area (Å²) >= 11 is 6.00. The molecular weight excluding hydrogens is 400 g/mol. The van der Waals surface area contributed by atoms with Crippen molar-refractivity contribution in [1.82, 2.24) is 10.2 Å². The number of benzene rings is 2. The van der Waals surface area contributed by atoms with Crippen molar-refractivity contribution in [2.45, 2.75) is 46.2 Å². The molecule has 30 heavy (non-hydrogen) atoms. The molecule has 6 heteroatoms. The maximum absolute atomic E-state index is 13.3. The van der Waals surface area contributed by atoms with Crippen LogP contribution in [0.2, 0.25) is 5.02 Å². The van der Waals surface area contributed by atoms with Crippen LogP contribution >= 0.6 is 11.6 Å². The minimum absolute atomic E-state index is 0.0957. The molecule has 0 aliphatic carbocycles. The van der Waals surface area contributed by atoms with E-state index in [1.165, 1.54) is 0 Å². The standard InChI is InChI=1S/C24H31ClN2O3/c1-5-22(24(29)26-15-17(2)3)27(16-19-6-10-20(25)11-7-19)23(28)14-18-8-12-21(30-4)13-9-18/h6-13,17,22H,5,14-16H2,1-4H3,(H,26,29). The number of hydrogen-bond acceptors (Lipinski definition) is 3. The highest BCUT2D eigenvalue weighted by atomic mass is 35.5. The Hall–Kier alpha value is -2.53. The minimum Gasteiger partial charge on any atom is -0.497 e. The quantitative estimate of drug-likeness (QED) is 0.605. The van der Waals surface area contributed by atoms with Gasteiger partial charge in [0, 0.05) is 18.1 Å². The SMILES string of the molecule is CCC(C(=O)NCC(C)C)N(Cc1ccc(Cl)cc1)C(=O)Cc1ccc(OC)cc1. The first-order valence-electron chi connectivity index (χ1n) is 10.3. The van der Waals surface area contributed by atoms with Gasteiger partial charge in [-0.25, -0.2) is 0 Å². The first-order chi connectivity index (χ1) is 14.3. The third-order valence-corrected chi connectivity index (χ3v) is 5.10. The van der Waals surface area contributed by atoms with E-state index in [0.29, 0.717) is 30.5 Å². The summed E-state index contributed by atoms with van der Waals surface area (Å²) in [5.74, 6) is 0.861. The lowest BCUT2D eigenvalue weighted by atomic mass is 10.1. The number of nitrogens with zero attached hydrogens (tertiary/aromatic N) is 1. The van der Waals surface area contributed by atoms with Gasteiger partial charge in [-0.1, -0.05) is 56.6 Å². The molecule has 0 spiro atoms. The summed E-state index contributed by atoms with van der Waals surface area (Å²) in [6.45, 7) is 6.94. The van der Waals surface area contributed by atoms with Crippen molar-refractivity contribution in [3.63, 3.8) is 0 Å². The van der Waals surface area contributed by atoms with Crippen LogP contribution in [0.5, 0.6) is 5.75 Å². The van der Waals surface area contributed by atoms with E-state index in [0.717, 1.165) is 16.9 Å². The second-order valence-electron chi connectivity index (χ2n) is 7.74. The zero-order valence-electron chi connectivity index (χ0n) is 18.2. The van der Waals surface area contributed by atoms with E-state index in [9.17, 15) is 9.59 Å². The molecule has 2 aromatic rings. The van der Waals surface area contributed by atoms with Crippen LogP contribution in [0.1, 0.15) is 38.3 Å². The molecule has 2 amide bonds. The van der Waals surface area contributed by atoms with E-state index in [2.05, 4.69) is 5.32 Å². The molecule has 0 radical (unpaired) electrons. The number of rotatable bonds is 10. The van der Waals surface area contributed by atoms with Crippen molar-refractivity contribution in [2.75, 3.05) is 13.7 Å². The summed E-state index contributed by atoms with van der Waals surface area (Å²) in [6.07, 6.45) is 0.747. The highest BCUT2D eigenvalue weighted by Gasteiger charge is 2.28. The maximum atomic E-state index is 13.3. The van der Waals surface area contributed by atoms with Crippen LogP contribution in [0.3, 0.4) is 0 Å². The van der Waals surface area contributed by atoms with Gasteiger partial charge < -0.3 is 15.0 Å². The first kappa shape index (κ1) is 23.7. The zero-order chi connectivity index (χ0) is 22.1. The van der Waals surface area contributed by atoms with Crippen molar-refractivity contribution in [3.8, 4) is 5.75 Å². The number of carbonyl (C=O) groups excluding carboxylic acids is 2. The van der Waals surface area contributed by atoms with Gasteiger partial charge in [-0.15, -0.1) is 0 Å². The minimum atomic E-state index is -0.537. The monoisotopic (exact) mass is 430 g/mol. The maximum Gasteiger partial charge on any atom is 0.242 e.